The van der Waals surface area contributed by atoms with Crippen molar-refractivity contribution >= 4 is 25.7 Å². The van der Waals surface area contributed by atoms with Crippen LogP contribution in [-0.2, 0) is 42.2 Å². The van der Waals surface area contributed by atoms with E-state index in [1.54, 1.807) is 6.08 Å². The Kier molecular flexibility index (Phi) is 55.7. The molecule has 11 nitrogen and oxygen atoms in total. The molecule has 0 amide bonds. The topological polar surface area (TPSA) is 155 Å². The van der Waals surface area contributed by atoms with Crippen molar-refractivity contribution in [2.24, 2.45) is 0 Å². The van der Waals surface area contributed by atoms with Crippen molar-refractivity contribution in [1.29, 1.82) is 0 Å². The average Bonchev–Trinajstić information content (AvgIpc) is 3.45. The average molecular weight is 1130 g/mol. The first-order valence-electron chi connectivity index (χ1n) is 29.7. The van der Waals surface area contributed by atoms with E-state index in [0.29, 0.717) is 19.3 Å². The van der Waals surface area contributed by atoms with E-state index >= 15 is 0 Å². The predicted molar refractivity (Wildman–Crippen MR) is 334 cm³/mol. The van der Waals surface area contributed by atoms with Gasteiger partial charge in [-0.15, -0.1) is 0 Å². The Morgan fingerprint density at radius 3 is 1.01 bits per heavy atom. The van der Waals surface area contributed by atoms with Crippen LogP contribution < -0.4 is 0 Å². The molecule has 446 valence electrons. The molecule has 0 aromatic rings. The minimum absolute atomic E-state index is 0.0710. The summed E-state index contributed by atoms with van der Waals surface area (Å²) in [5, 5.41) is 9.81. The molecule has 0 heterocycles. The summed E-state index contributed by atoms with van der Waals surface area (Å²) in [6.07, 6.45) is 81.6. The van der Waals surface area contributed by atoms with Gasteiger partial charge in [-0.3, -0.25) is 23.4 Å². The number of aliphatic hydroxyl groups excluding tert-OH is 1. The summed E-state index contributed by atoms with van der Waals surface area (Å²) in [4.78, 5) is 48.6. The number of aliphatic hydroxyl groups is 1. The molecule has 80 heavy (non-hydrogen) atoms. The summed E-state index contributed by atoms with van der Waals surface area (Å²) < 4.78 is 39.4. The molecule has 0 fully saturated rings. The van der Waals surface area contributed by atoms with Crippen LogP contribution in [0.5, 0.6) is 0 Å². The maximum absolute atomic E-state index is 12.9. The molecule has 0 saturated heterocycles. The Bertz CT molecular complexity index is 2040. The van der Waals surface area contributed by atoms with Gasteiger partial charge in [0.25, 0.3) is 0 Å². The van der Waals surface area contributed by atoms with E-state index in [9.17, 15) is 28.9 Å². The number of allylic oxidation sites excluding steroid dienone is 29. The van der Waals surface area contributed by atoms with Crippen molar-refractivity contribution in [3.05, 3.63) is 182 Å². The highest BCUT2D eigenvalue weighted by molar-refractivity contribution is 7.47. The lowest BCUT2D eigenvalue weighted by Gasteiger charge is -2.21. The molecule has 3 unspecified atom stereocenters. The highest BCUT2D eigenvalue weighted by Crippen LogP contribution is 2.43. The van der Waals surface area contributed by atoms with Gasteiger partial charge < -0.3 is 24.2 Å². The third kappa shape index (κ3) is 57.3. The van der Waals surface area contributed by atoms with E-state index in [0.717, 1.165) is 128 Å². The molecular formula is C68H103O11P. The Hall–Kier alpha value is -5.42. The minimum Gasteiger partial charge on any atom is -0.462 e. The number of esters is 3. The van der Waals surface area contributed by atoms with Crippen LogP contribution in [0.1, 0.15) is 188 Å². The summed E-state index contributed by atoms with van der Waals surface area (Å²) in [7, 11) is -4.81. The Morgan fingerprint density at radius 1 is 0.362 bits per heavy atom. The number of ether oxygens (including phenoxy) is 3. The number of hydrogen-bond acceptors (Lipinski definition) is 10. The van der Waals surface area contributed by atoms with Crippen molar-refractivity contribution in [3.8, 4) is 0 Å². The van der Waals surface area contributed by atoms with Crippen LogP contribution in [0.4, 0.5) is 0 Å². The van der Waals surface area contributed by atoms with Gasteiger partial charge in [0.1, 0.15) is 12.7 Å². The lowest BCUT2D eigenvalue weighted by molar-refractivity contribution is -0.161. The van der Waals surface area contributed by atoms with Crippen molar-refractivity contribution in [2.75, 3.05) is 26.4 Å². The molecule has 0 aromatic heterocycles. The number of unbranched alkanes of at least 4 members (excludes halogenated alkanes) is 6. The second kappa shape index (κ2) is 59.7. The SMILES string of the molecule is CC/C=C\C/C=C\C/C=C\C/C=C\C/C=C\CCCCCC(=O)OCC(COP(=O)(O)OCC(CO)OC(=O)C/C=C\C/C=C\C/C=C\C/C=C\C/C=C\CC)OC(=O)CCCCC/C=C\C/C=C\C/C=C\C/C=C\C/C=C\CC. The van der Waals surface area contributed by atoms with Crippen LogP contribution in [-0.4, -0.2) is 66.5 Å². The normalized spacial score (nSPS) is 14.6. The predicted octanol–water partition coefficient (Wildman–Crippen LogP) is 18.0. The van der Waals surface area contributed by atoms with Gasteiger partial charge in [-0.2, -0.15) is 0 Å². The zero-order chi connectivity index (χ0) is 58.3. The Balaban J connectivity index is 4.96. The zero-order valence-electron chi connectivity index (χ0n) is 49.2. The number of carbonyl (C=O) groups is 3. The largest absolute Gasteiger partial charge is 0.472 e. The van der Waals surface area contributed by atoms with Crippen LogP contribution in [0.2, 0.25) is 0 Å². The molecule has 0 spiro atoms. The van der Waals surface area contributed by atoms with Crippen LogP contribution in [0.15, 0.2) is 182 Å². The van der Waals surface area contributed by atoms with E-state index in [4.69, 9.17) is 23.3 Å². The third-order valence-corrected chi connectivity index (χ3v) is 12.3. The summed E-state index contributed by atoms with van der Waals surface area (Å²) in [6, 6.07) is 0. The molecule has 12 heteroatoms. The van der Waals surface area contributed by atoms with Gasteiger partial charge in [-0.1, -0.05) is 216 Å². The molecule has 0 rings (SSSR count). The molecule has 0 bridgehead atoms. The van der Waals surface area contributed by atoms with Crippen LogP contribution in [0.25, 0.3) is 0 Å². The highest BCUT2D eigenvalue weighted by Gasteiger charge is 2.28. The fourth-order valence-electron chi connectivity index (χ4n) is 6.95. The van der Waals surface area contributed by atoms with E-state index in [2.05, 4.69) is 179 Å². The molecule has 0 radical (unpaired) electrons. The van der Waals surface area contributed by atoms with Crippen molar-refractivity contribution in [1.82, 2.24) is 0 Å². The number of phosphoric acid groups is 1. The maximum atomic E-state index is 12.9. The molecule has 2 N–H and O–H groups in total. The second-order valence-electron chi connectivity index (χ2n) is 18.7. The number of hydrogen-bond donors (Lipinski definition) is 2. The lowest BCUT2D eigenvalue weighted by atomic mass is 10.1. The fourth-order valence-corrected chi connectivity index (χ4v) is 7.74. The number of carbonyl (C=O) groups excluding carboxylic acids is 3. The molecule has 0 aliphatic carbocycles. The first-order valence-corrected chi connectivity index (χ1v) is 31.2. The van der Waals surface area contributed by atoms with Crippen LogP contribution >= 0.6 is 7.82 Å². The van der Waals surface area contributed by atoms with Gasteiger partial charge >= 0.3 is 25.7 Å². The molecular weight excluding hydrogens is 1020 g/mol. The third-order valence-electron chi connectivity index (χ3n) is 11.3. The van der Waals surface area contributed by atoms with Crippen molar-refractivity contribution in [2.45, 2.75) is 200 Å². The first-order chi connectivity index (χ1) is 39.2. The van der Waals surface area contributed by atoms with E-state index in [1.165, 1.54) is 0 Å². The molecule has 0 aromatic carbocycles. The van der Waals surface area contributed by atoms with E-state index in [1.807, 2.05) is 18.2 Å². The zero-order valence-corrected chi connectivity index (χ0v) is 50.1. The monoisotopic (exact) mass is 1130 g/mol. The fraction of sp³-hybridized carbons (Fsp3) is 0.515. The molecule has 0 saturated carbocycles. The molecule has 3 atom stereocenters. The lowest BCUT2D eigenvalue weighted by Crippen LogP contribution is -2.30. The minimum atomic E-state index is -4.81. The van der Waals surface area contributed by atoms with Gasteiger partial charge in [0, 0.05) is 12.8 Å². The summed E-state index contributed by atoms with van der Waals surface area (Å²) in [5.74, 6) is -1.71. The number of phosphoric ester groups is 1. The van der Waals surface area contributed by atoms with E-state index in [-0.39, 0.29) is 25.9 Å². The second-order valence-corrected chi connectivity index (χ2v) is 20.1. The van der Waals surface area contributed by atoms with Crippen molar-refractivity contribution in [3.63, 3.8) is 0 Å². The van der Waals surface area contributed by atoms with Gasteiger partial charge in [-0.05, 0) is 135 Å². The highest BCUT2D eigenvalue weighted by atomic mass is 31.2. The van der Waals surface area contributed by atoms with Crippen molar-refractivity contribution < 1.29 is 52.2 Å². The van der Waals surface area contributed by atoms with Crippen LogP contribution in [0, 0.1) is 0 Å². The quantitative estimate of drug-likeness (QED) is 0.0197. The summed E-state index contributed by atoms with van der Waals surface area (Å²) in [5.41, 5.74) is 0. The van der Waals surface area contributed by atoms with Gasteiger partial charge in [0.2, 0.25) is 0 Å². The smallest absolute Gasteiger partial charge is 0.462 e. The van der Waals surface area contributed by atoms with E-state index < -0.39 is 57.8 Å². The standard InChI is InChI=1S/C68H103O11P/c1-4-7-10-13-16-19-22-25-28-30-32-34-37-39-42-45-48-51-54-57-66(70)75-61-65(79-68(72)59-56-53-50-47-44-41-38-35-33-31-29-26-23-20-17-14-11-8-5-2)63-77-80(73,74)76-62-64(60-69)78-67(71)58-55-52-49-46-43-40-36-27-24-21-18-15-12-9-6-3/h7-12,16-21,25-29,32-36,39,41-44,46,52,55,64-65,69H,4-6,13-15,22-24,30-31,37-38,40,45,47-51,53-54,56-63H2,1-3H3,(H,73,74)/b10-7-,11-8-,12-9-,19-16-,20-17-,21-18-,28-25-,29-26-,34-32-,35-33-,36-27-,42-39-,44-41-,46-43-,55-52-. The number of rotatable bonds is 52. The van der Waals surface area contributed by atoms with Gasteiger partial charge in [-0.25, -0.2) is 4.57 Å². The van der Waals surface area contributed by atoms with Gasteiger partial charge in [0.05, 0.1) is 26.2 Å². The van der Waals surface area contributed by atoms with Crippen LogP contribution in [0.3, 0.4) is 0 Å². The first kappa shape index (κ1) is 74.6. The Morgan fingerprint density at radius 2 is 0.662 bits per heavy atom. The molecule has 0 aliphatic heterocycles. The van der Waals surface area contributed by atoms with Gasteiger partial charge in [0.15, 0.2) is 6.10 Å². The summed E-state index contributed by atoms with van der Waals surface area (Å²) >= 11 is 0. The summed E-state index contributed by atoms with van der Waals surface area (Å²) in [6.45, 7) is 4.08. The Labute approximate surface area is 484 Å². The maximum Gasteiger partial charge on any atom is 0.472 e. The molecule has 0 aliphatic rings.